The first-order valence-corrected chi connectivity index (χ1v) is 12.1. The normalized spacial score (nSPS) is 11.4. The number of esters is 1. The van der Waals surface area contributed by atoms with Crippen LogP contribution in [0.25, 0.3) is 11.0 Å². The lowest BCUT2D eigenvalue weighted by atomic mass is 10.1. The average molecular weight is 478 g/mol. The van der Waals surface area contributed by atoms with E-state index < -0.39 is 21.6 Å². The highest BCUT2D eigenvalue weighted by molar-refractivity contribution is 7.92. The summed E-state index contributed by atoms with van der Waals surface area (Å²) in [5.41, 5.74) is 2.20. The molecule has 4 rings (SSSR count). The number of benzene rings is 3. The van der Waals surface area contributed by atoms with Gasteiger partial charge in [-0.05, 0) is 54.4 Å². The zero-order valence-electron chi connectivity index (χ0n) is 18.7. The van der Waals surface area contributed by atoms with Gasteiger partial charge in [-0.1, -0.05) is 37.3 Å². The van der Waals surface area contributed by atoms with Crippen molar-refractivity contribution in [2.75, 3.05) is 11.4 Å². The number of rotatable bonds is 7. The van der Waals surface area contributed by atoms with Crippen LogP contribution in [0.5, 0.6) is 0 Å². The van der Waals surface area contributed by atoms with Gasteiger partial charge >= 0.3 is 11.6 Å². The number of hydrogen-bond acceptors (Lipinski definition) is 6. The zero-order valence-corrected chi connectivity index (χ0v) is 19.5. The van der Waals surface area contributed by atoms with E-state index in [1.54, 1.807) is 36.4 Å². The molecule has 0 atom stereocenters. The van der Waals surface area contributed by atoms with Gasteiger partial charge in [0.05, 0.1) is 16.1 Å². The van der Waals surface area contributed by atoms with E-state index in [0.29, 0.717) is 22.2 Å². The molecule has 1 aromatic heterocycles. The van der Waals surface area contributed by atoms with Crippen molar-refractivity contribution in [3.63, 3.8) is 0 Å². The molecule has 0 unspecified atom stereocenters. The smallest absolute Gasteiger partial charge is 0.338 e. The fourth-order valence-corrected chi connectivity index (χ4v) is 4.73. The van der Waals surface area contributed by atoms with E-state index >= 15 is 0 Å². The van der Waals surface area contributed by atoms with Gasteiger partial charge in [0, 0.05) is 24.1 Å². The third-order valence-electron chi connectivity index (χ3n) is 5.53. The number of carbonyl (C=O) groups excluding carboxylic acids is 1. The molecule has 0 amide bonds. The number of para-hydroxylation sites is 1. The van der Waals surface area contributed by atoms with Crippen molar-refractivity contribution in [2.45, 2.75) is 24.8 Å². The Balaban J connectivity index is 1.50. The van der Waals surface area contributed by atoms with E-state index in [-0.39, 0.29) is 17.1 Å². The van der Waals surface area contributed by atoms with Gasteiger partial charge in [-0.3, -0.25) is 4.31 Å². The van der Waals surface area contributed by atoms with Gasteiger partial charge in [0.2, 0.25) is 0 Å². The molecule has 0 aliphatic carbocycles. The van der Waals surface area contributed by atoms with E-state index in [2.05, 4.69) is 0 Å². The molecule has 1 heterocycles. The summed E-state index contributed by atoms with van der Waals surface area (Å²) >= 11 is 0. The minimum atomic E-state index is -3.79. The van der Waals surface area contributed by atoms with Crippen molar-refractivity contribution < 1.29 is 22.4 Å². The van der Waals surface area contributed by atoms with Crippen molar-refractivity contribution in [2.24, 2.45) is 0 Å². The molecule has 0 spiro atoms. The number of nitrogens with zero attached hydrogens (tertiary/aromatic N) is 1. The summed E-state index contributed by atoms with van der Waals surface area (Å²) < 4.78 is 37.6. The van der Waals surface area contributed by atoms with Crippen molar-refractivity contribution in [1.82, 2.24) is 0 Å². The summed E-state index contributed by atoms with van der Waals surface area (Å²) in [6.45, 7) is 1.88. The van der Waals surface area contributed by atoms with Crippen LogP contribution in [0.1, 0.15) is 28.4 Å². The van der Waals surface area contributed by atoms with Gasteiger partial charge in [0.1, 0.15) is 12.2 Å². The van der Waals surface area contributed by atoms with Gasteiger partial charge in [-0.15, -0.1) is 0 Å². The lowest BCUT2D eigenvalue weighted by Crippen LogP contribution is -2.26. The van der Waals surface area contributed by atoms with Crippen LogP contribution >= 0.6 is 0 Å². The minimum Gasteiger partial charge on any atom is -0.457 e. The Labute approximate surface area is 197 Å². The standard InChI is InChI=1S/C26H23NO6S/c1-3-18-9-14-23-20(16-25(28)33-24(23)15-18)17-32-26(29)19-10-12-22(13-11-19)34(30,31)27(2)21-7-5-4-6-8-21/h4-16H,3,17H2,1-2H3. The Morgan fingerprint density at radius 1 is 0.971 bits per heavy atom. The number of ether oxygens (including phenoxy) is 1. The second-order valence-electron chi connectivity index (χ2n) is 7.68. The van der Waals surface area contributed by atoms with Crippen LogP contribution < -0.4 is 9.93 Å². The van der Waals surface area contributed by atoms with E-state index in [4.69, 9.17) is 9.15 Å². The maximum atomic E-state index is 12.9. The summed E-state index contributed by atoms with van der Waals surface area (Å²) in [5.74, 6) is -0.632. The third-order valence-corrected chi connectivity index (χ3v) is 7.33. The number of fused-ring (bicyclic) bond motifs is 1. The molecule has 34 heavy (non-hydrogen) atoms. The fourth-order valence-electron chi connectivity index (χ4n) is 3.54. The maximum Gasteiger partial charge on any atom is 0.338 e. The van der Waals surface area contributed by atoms with E-state index in [9.17, 15) is 18.0 Å². The second-order valence-corrected chi connectivity index (χ2v) is 9.65. The molecule has 0 radical (unpaired) electrons. The van der Waals surface area contributed by atoms with Crippen LogP contribution in [0.2, 0.25) is 0 Å². The molecule has 0 aliphatic heterocycles. The number of aryl methyl sites for hydroxylation is 1. The molecule has 4 aromatic rings. The van der Waals surface area contributed by atoms with Gasteiger partial charge in [-0.25, -0.2) is 18.0 Å². The quantitative estimate of drug-likeness (QED) is 0.287. The molecule has 3 aromatic carbocycles. The molecular formula is C26H23NO6S. The lowest BCUT2D eigenvalue weighted by Gasteiger charge is -2.19. The Hall–Kier alpha value is -3.91. The first-order chi connectivity index (χ1) is 16.3. The second kappa shape index (κ2) is 9.52. The highest BCUT2D eigenvalue weighted by atomic mass is 32.2. The summed E-state index contributed by atoms with van der Waals surface area (Å²) in [6.07, 6.45) is 0.797. The Kier molecular flexibility index (Phi) is 6.51. The van der Waals surface area contributed by atoms with Crippen LogP contribution in [-0.4, -0.2) is 21.4 Å². The molecule has 0 fully saturated rings. The monoisotopic (exact) mass is 477 g/mol. The molecule has 0 aliphatic rings. The summed E-state index contributed by atoms with van der Waals surface area (Å²) in [4.78, 5) is 24.6. The minimum absolute atomic E-state index is 0.0498. The Morgan fingerprint density at radius 2 is 1.68 bits per heavy atom. The molecule has 0 saturated carbocycles. The summed E-state index contributed by atoms with van der Waals surface area (Å²) in [5, 5.41) is 0.690. The largest absolute Gasteiger partial charge is 0.457 e. The number of sulfonamides is 1. The number of anilines is 1. The Bertz CT molecular complexity index is 1490. The van der Waals surface area contributed by atoms with Crippen molar-refractivity contribution in [3.8, 4) is 0 Å². The van der Waals surface area contributed by atoms with Gasteiger partial charge < -0.3 is 9.15 Å². The van der Waals surface area contributed by atoms with Crippen LogP contribution in [0.15, 0.2) is 93.0 Å². The van der Waals surface area contributed by atoms with Crippen LogP contribution in [0.4, 0.5) is 5.69 Å². The molecular weight excluding hydrogens is 454 g/mol. The summed E-state index contributed by atoms with van der Waals surface area (Å²) in [7, 11) is -2.32. The van der Waals surface area contributed by atoms with Gasteiger partial charge in [0.25, 0.3) is 10.0 Å². The first kappa shape index (κ1) is 23.3. The fraction of sp³-hybridized carbons (Fsp3) is 0.154. The van der Waals surface area contributed by atoms with Crippen LogP contribution in [-0.2, 0) is 27.8 Å². The number of hydrogen-bond donors (Lipinski definition) is 0. The van der Waals surface area contributed by atoms with Crippen LogP contribution in [0, 0.1) is 0 Å². The molecule has 0 saturated heterocycles. The highest BCUT2D eigenvalue weighted by Crippen LogP contribution is 2.23. The highest BCUT2D eigenvalue weighted by Gasteiger charge is 2.22. The molecule has 174 valence electrons. The van der Waals surface area contributed by atoms with E-state index in [1.807, 2.05) is 19.1 Å². The lowest BCUT2D eigenvalue weighted by molar-refractivity contribution is 0.0473. The van der Waals surface area contributed by atoms with Gasteiger partial charge in [0.15, 0.2) is 0 Å². The molecule has 0 N–H and O–H groups in total. The predicted octanol–water partition coefficient (Wildman–Crippen LogP) is 4.54. The number of carbonyl (C=O) groups is 1. The topological polar surface area (TPSA) is 93.9 Å². The molecule has 0 bridgehead atoms. The predicted molar refractivity (Wildman–Crippen MR) is 129 cm³/mol. The maximum absolute atomic E-state index is 12.9. The van der Waals surface area contributed by atoms with Crippen molar-refractivity contribution in [3.05, 3.63) is 106 Å². The summed E-state index contributed by atoms with van der Waals surface area (Å²) in [6, 6.07) is 21.1. The van der Waals surface area contributed by atoms with Crippen LogP contribution in [0.3, 0.4) is 0 Å². The molecule has 7 nitrogen and oxygen atoms in total. The van der Waals surface area contributed by atoms with E-state index in [0.717, 1.165) is 12.0 Å². The zero-order chi connectivity index (χ0) is 24.3. The average Bonchev–Trinajstić information content (AvgIpc) is 2.86. The van der Waals surface area contributed by atoms with Crippen molar-refractivity contribution >= 4 is 32.6 Å². The molecule has 8 heteroatoms. The third kappa shape index (κ3) is 4.72. The van der Waals surface area contributed by atoms with Gasteiger partial charge in [-0.2, -0.15) is 0 Å². The van der Waals surface area contributed by atoms with E-state index in [1.165, 1.54) is 41.7 Å². The Morgan fingerprint density at radius 3 is 2.35 bits per heavy atom. The van der Waals surface area contributed by atoms with Crippen molar-refractivity contribution in [1.29, 1.82) is 0 Å². The first-order valence-electron chi connectivity index (χ1n) is 10.7. The SMILES string of the molecule is CCc1ccc2c(COC(=O)c3ccc(S(=O)(=O)N(C)c4ccccc4)cc3)cc(=O)oc2c1.